The van der Waals surface area contributed by atoms with Gasteiger partial charge < -0.3 is 11.6 Å². The molecule has 0 heterocycles. The Hall–Kier alpha value is -0.930. The first-order valence-electron chi connectivity index (χ1n) is 3.59. The lowest BCUT2D eigenvalue weighted by atomic mass is 10.1. The Morgan fingerprint density at radius 1 is 1.38 bits per heavy atom. The van der Waals surface area contributed by atoms with Crippen LogP contribution in [0.25, 0.3) is 0 Å². The van der Waals surface area contributed by atoms with Crippen LogP contribution in [0.3, 0.4) is 0 Å². The van der Waals surface area contributed by atoms with Crippen LogP contribution in [0, 0.1) is 0 Å². The van der Waals surface area contributed by atoms with E-state index in [0.29, 0.717) is 22.3 Å². The monoisotopic (exact) mass is 217 g/mol. The SMILES string of the molecule is NN=C(N)Cc1ccc(Cl)cc1Cl. The second-order valence-corrected chi connectivity index (χ2v) is 3.38. The molecule has 3 nitrogen and oxygen atoms in total. The Kier molecular flexibility index (Phi) is 3.39. The first kappa shape index (κ1) is 10.2. The van der Waals surface area contributed by atoms with Gasteiger partial charge in [-0.25, -0.2) is 0 Å². The Labute approximate surface area is 86.3 Å². The molecule has 0 spiro atoms. The Bertz CT molecular complexity index is 336. The molecule has 0 atom stereocenters. The molecule has 0 saturated carbocycles. The van der Waals surface area contributed by atoms with Crippen molar-refractivity contribution in [2.45, 2.75) is 6.42 Å². The van der Waals surface area contributed by atoms with Crippen LogP contribution in [0.4, 0.5) is 0 Å². The van der Waals surface area contributed by atoms with Crippen molar-refractivity contribution < 1.29 is 0 Å². The highest BCUT2D eigenvalue weighted by Crippen LogP contribution is 2.21. The molecule has 0 fully saturated rings. The number of rotatable bonds is 2. The smallest absolute Gasteiger partial charge is 0.123 e. The van der Waals surface area contributed by atoms with Gasteiger partial charge in [0, 0.05) is 16.5 Å². The maximum atomic E-state index is 5.89. The molecular formula is C8H9Cl2N3. The van der Waals surface area contributed by atoms with E-state index >= 15 is 0 Å². The van der Waals surface area contributed by atoms with Crippen molar-refractivity contribution in [3.05, 3.63) is 33.8 Å². The largest absolute Gasteiger partial charge is 0.385 e. The van der Waals surface area contributed by atoms with Crippen LogP contribution < -0.4 is 11.6 Å². The van der Waals surface area contributed by atoms with Crippen molar-refractivity contribution in [3.8, 4) is 0 Å². The summed E-state index contributed by atoms with van der Waals surface area (Å²) in [5.74, 6) is 5.33. The Balaban J connectivity index is 2.90. The fourth-order valence-corrected chi connectivity index (χ4v) is 1.38. The Morgan fingerprint density at radius 3 is 2.62 bits per heavy atom. The van der Waals surface area contributed by atoms with Crippen molar-refractivity contribution in [2.24, 2.45) is 16.7 Å². The van der Waals surface area contributed by atoms with Crippen molar-refractivity contribution in [2.75, 3.05) is 0 Å². The van der Waals surface area contributed by atoms with Gasteiger partial charge in [-0.05, 0) is 17.7 Å². The quantitative estimate of drug-likeness (QED) is 0.344. The van der Waals surface area contributed by atoms with Gasteiger partial charge in [-0.3, -0.25) is 0 Å². The van der Waals surface area contributed by atoms with Crippen molar-refractivity contribution in [3.63, 3.8) is 0 Å². The molecule has 70 valence electrons. The van der Waals surface area contributed by atoms with E-state index in [1.165, 1.54) is 0 Å². The molecule has 0 aliphatic carbocycles. The van der Waals surface area contributed by atoms with E-state index in [2.05, 4.69) is 5.10 Å². The summed E-state index contributed by atoms with van der Waals surface area (Å²) in [5, 5.41) is 4.51. The number of nitrogens with two attached hydrogens (primary N) is 2. The van der Waals surface area contributed by atoms with Gasteiger partial charge in [0.25, 0.3) is 0 Å². The Morgan fingerprint density at radius 2 is 2.08 bits per heavy atom. The van der Waals surface area contributed by atoms with Gasteiger partial charge in [-0.15, -0.1) is 0 Å². The van der Waals surface area contributed by atoms with E-state index in [1.807, 2.05) is 0 Å². The zero-order valence-corrected chi connectivity index (χ0v) is 8.31. The summed E-state index contributed by atoms with van der Waals surface area (Å²) in [7, 11) is 0. The molecule has 0 aliphatic heterocycles. The van der Waals surface area contributed by atoms with Gasteiger partial charge in [0.15, 0.2) is 0 Å². The highest BCUT2D eigenvalue weighted by atomic mass is 35.5. The third-order valence-electron chi connectivity index (χ3n) is 1.55. The van der Waals surface area contributed by atoms with Gasteiger partial charge >= 0.3 is 0 Å². The molecule has 5 heteroatoms. The van der Waals surface area contributed by atoms with Gasteiger partial charge in [-0.2, -0.15) is 5.10 Å². The lowest BCUT2D eigenvalue weighted by Gasteiger charge is -2.03. The zero-order chi connectivity index (χ0) is 9.84. The topological polar surface area (TPSA) is 64.4 Å². The molecule has 1 rings (SSSR count). The maximum absolute atomic E-state index is 5.89. The third-order valence-corrected chi connectivity index (χ3v) is 2.14. The first-order valence-corrected chi connectivity index (χ1v) is 4.35. The minimum absolute atomic E-state index is 0.337. The maximum Gasteiger partial charge on any atom is 0.123 e. The predicted molar refractivity (Wildman–Crippen MR) is 56.0 cm³/mol. The molecule has 0 aromatic heterocycles. The highest BCUT2D eigenvalue weighted by Gasteiger charge is 2.02. The normalized spacial score (nSPS) is 11.7. The van der Waals surface area contributed by atoms with E-state index in [0.717, 1.165) is 5.56 Å². The average Bonchev–Trinajstić information content (AvgIpc) is 2.09. The van der Waals surface area contributed by atoms with E-state index in [1.54, 1.807) is 18.2 Å². The van der Waals surface area contributed by atoms with Crippen LogP contribution in [0.2, 0.25) is 10.0 Å². The summed E-state index contributed by atoms with van der Waals surface area (Å²) in [6.45, 7) is 0. The standard InChI is InChI=1S/C8H9Cl2N3/c9-6-2-1-5(7(10)4-6)3-8(11)13-12/h1-2,4H,3,12H2,(H2,11,13). The van der Waals surface area contributed by atoms with Gasteiger partial charge in [-0.1, -0.05) is 29.3 Å². The summed E-state index contributed by atoms with van der Waals surface area (Å²) in [6.07, 6.45) is 0.437. The number of benzene rings is 1. The second kappa shape index (κ2) is 4.35. The molecule has 0 unspecified atom stereocenters. The minimum atomic E-state index is 0.337. The van der Waals surface area contributed by atoms with Crippen LogP contribution in [0.5, 0.6) is 0 Å². The molecule has 0 aliphatic rings. The van der Waals surface area contributed by atoms with Crippen LogP contribution in [0.15, 0.2) is 23.3 Å². The summed E-state index contributed by atoms with van der Waals surface area (Å²) < 4.78 is 0. The van der Waals surface area contributed by atoms with Gasteiger partial charge in [0.05, 0.1) is 0 Å². The van der Waals surface area contributed by atoms with E-state index in [-0.39, 0.29) is 0 Å². The molecule has 4 N–H and O–H groups in total. The molecule has 1 aromatic carbocycles. The molecule has 0 saturated heterocycles. The minimum Gasteiger partial charge on any atom is -0.385 e. The number of nitrogens with zero attached hydrogens (tertiary/aromatic N) is 1. The van der Waals surface area contributed by atoms with E-state index in [9.17, 15) is 0 Å². The van der Waals surface area contributed by atoms with Crippen LogP contribution >= 0.6 is 23.2 Å². The molecular weight excluding hydrogens is 209 g/mol. The molecule has 1 aromatic rings. The van der Waals surface area contributed by atoms with Crippen LogP contribution in [-0.4, -0.2) is 5.84 Å². The van der Waals surface area contributed by atoms with Crippen LogP contribution in [0.1, 0.15) is 5.56 Å². The predicted octanol–water partition coefficient (Wildman–Crippen LogP) is 1.77. The van der Waals surface area contributed by atoms with Gasteiger partial charge in [0.2, 0.25) is 0 Å². The fraction of sp³-hybridized carbons (Fsp3) is 0.125. The molecule has 0 bridgehead atoms. The summed E-state index contributed by atoms with van der Waals surface area (Å²) in [4.78, 5) is 0. The summed E-state index contributed by atoms with van der Waals surface area (Å²) in [6, 6.07) is 5.19. The average molecular weight is 218 g/mol. The van der Waals surface area contributed by atoms with Gasteiger partial charge in [0.1, 0.15) is 5.84 Å². The van der Waals surface area contributed by atoms with Crippen molar-refractivity contribution in [1.82, 2.24) is 0 Å². The highest BCUT2D eigenvalue weighted by molar-refractivity contribution is 6.35. The number of hydrogen-bond donors (Lipinski definition) is 2. The molecule has 0 amide bonds. The van der Waals surface area contributed by atoms with E-state index < -0.39 is 0 Å². The molecule has 13 heavy (non-hydrogen) atoms. The fourth-order valence-electron chi connectivity index (χ4n) is 0.906. The molecule has 0 radical (unpaired) electrons. The zero-order valence-electron chi connectivity index (χ0n) is 6.80. The number of amidine groups is 1. The van der Waals surface area contributed by atoms with Crippen molar-refractivity contribution in [1.29, 1.82) is 0 Å². The number of hydrazone groups is 1. The number of hydrogen-bond acceptors (Lipinski definition) is 2. The third kappa shape index (κ3) is 2.79. The lowest BCUT2D eigenvalue weighted by Crippen LogP contribution is -2.17. The second-order valence-electron chi connectivity index (χ2n) is 2.53. The van der Waals surface area contributed by atoms with Crippen molar-refractivity contribution >= 4 is 29.0 Å². The number of halogens is 2. The van der Waals surface area contributed by atoms with Crippen LogP contribution in [-0.2, 0) is 6.42 Å². The summed E-state index contributed by atoms with van der Waals surface area (Å²) in [5.41, 5.74) is 6.30. The van der Waals surface area contributed by atoms with E-state index in [4.69, 9.17) is 34.8 Å². The first-order chi connectivity index (χ1) is 6.13. The lowest BCUT2D eigenvalue weighted by molar-refractivity contribution is 1.17. The summed E-state index contributed by atoms with van der Waals surface area (Å²) >= 11 is 11.6.